The van der Waals surface area contributed by atoms with Crippen molar-refractivity contribution in [1.82, 2.24) is 4.90 Å². The van der Waals surface area contributed by atoms with Crippen LogP contribution in [0.2, 0.25) is 5.02 Å². The molecule has 0 bridgehead atoms. The number of hydrogen-bond donors (Lipinski definition) is 0. The number of carbonyl (C=O) groups excluding carboxylic acids is 1. The summed E-state index contributed by atoms with van der Waals surface area (Å²) in [5.41, 5.74) is 2.24. The van der Waals surface area contributed by atoms with Crippen molar-refractivity contribution in [2.45, 2.75) is 63.2 Å². The van der Waals surface area contributed by atoms with E-state index < -0.39 is 0 Å². The molecule has 0 amide bonds. The lowest BCUT2D eigenvalue weighted by molar-refractivity contribution is -0.143. The topological polar surface area (TPSA) is 29.5 Å². The Morgan fingerprint density at radius 3 is 2.48 bits per heavy atom. The Hall–Kier alpha value is -1.06. The lowest BCUT2D eigenvalue weighted by atomic mass is 9.83. The van der Waals surface area contributed by atoms with Gasteiger partial charge >= 0.3 is 5.97 Å². The Kier molecular flexibility index (Phi) is 6.77. The van der Waals surface area contributed by atoms with Crippen LogP contribution in [0.3, 0.4) is 0 Å². The van der Waals surface area contributed by atoms with Gasteiger partial charge < -0.3 is 9.64 Å². The van der Waals surface area contributed by atoms with Gasteiger partial charge in [0.05, 0.1) is 13.0 Å². The Morgan fingerprint density at radius 2 is 1.84 bits per heavy atom. The predicted octanol–water partition coefficient (Wildman–Crippen LogP) is 5.13. The first-order chi connectivity index (χ1) is 12.2. The molecule has 1 aromatic rings. The molecule has 25 heavy (non-hydrogen) atoms. The minimum absolute atomic E-state index is 0.160. The van der Waals surface area contributed by atoms with Crippen LogP contribution in [0.5, 0.6) is 0 Å². The molecular formula is C21H30ClNO2. The summed E-state index contributed by atoms with van der Waals surface area (Å²) in [7, 11) is 1.48. The minimum atomic E-state index is -0.249. The first-order valence-electron chi connectivity index (χ1n) is 9.78. The monoisotopic (exact) mass is 363 g/mol. The third-order valence-electron chi connectivity index (χ3n) is 5.85. The van der Waals surface area contributed by atoms with Gasteiger partial charge in [-0.3, -0.25) is 4.79 Å². The van der Waals surface area contributed by atoms with Crippen molar-refractivity contribution in [3.63, 3.8) is 0 Å². The van der Waals surface area contributed by atoms with Crippen LogP contribution in [-0.2, 0) is 9.53 Å². The number of ether oxygens (including phenoxy) is 1. The summed E-state index contributed by atoms with van der Waals surface area (Å²) >= 11 is 6.63. The Morgan fingerprint density at radius 1 is 1.16 bits per heavy atom. The number of esters is 1. The van der Waals surface area contributed by atoms with Crippen molar-refractivity contribution in [2.24, 2.45) is 0 Å². The molecular weight excluding hydrogens is 334 g/mol. The smallest absolute Gasteiger partial charge is 0.314 e. The van der Waals surface area contributed by atoms with E-state index >= 15 is 0 Å². The summed E-state index contributed by atoms with van der Waals surface area (Å²) in [5.74, 6) is 0.169. The van der Waals surface area contributed by atoms with Crippen molar-refractivity contribution in [2.75, 3.05) is 26.7 Å². The van der Waals surface area contributed by atoms with Gasteiger partial charge in [-0.1, -0.05) is 49.4 Å². The number of piperidine rings is 1. The highest BCUT2D eigenvalue weighted by Gasteiger charge is 2.27. The van der Waals surface area contributed by atoms with Crippen molar-refractivity contribution in [3.05, 3.63) is 34.3 Å². The molecule has 1 saturated carbocycles. The summed E-state index contributed by atoms with van der Waals surface area (Å²) in [6.45, 7) is 2.87. The lowest BCUT2D eigenvalue weighted by Crippen LogP contribution is -2.36. The van der Waals surface area contributed by atoms with Crippen LogP contribution in [0.25, 0.3) is 0 Å². The van der Waals surface area contributed by atoms with E-state index in [-0.39, 0.29) is 11.9 Å². The van der Waals surface area contributed by atoms with Crippen molar-refractivity contribution < 1.29 is 9.53 Å². The fourth-order valence-corrected chi connectivity index (χ4v) is 4.71. The molecule has 1 unspecified atom stereocenters. The number of hydrogen-bond acceptors (Lipinski definition) is 3. The molecule has 138 valence electrons. The average Bonchev–Trinajstić information content (AvgIpc) is 2.67. The molecule has 1 aromatic carbocycles. The Labute approximate surface area is 156 Å². The predicted molar refractivity (Wildman–Crippen MR) is 102 cm³/mol. The molecule has 0 radical (unpaired) electrons. The van der Waals surface area contributed by atoms with Gasteiger partial charge in [-0.05, 0) is 61.9 Å². The SMILES string of the molecule is COC(=O)C(CN1CCCCC1)c1ccc(C2CCCCC2)c(Cl)c1. The van der Waals surface area contributed by atoms with E-state index in [1.807, 2.05) is 6.07 Å². The third-order valence-corrected chi connectivity index (χ3v) is 6.17. The molecule has 1 saturated heterocycles. The summed E-state index contributed by atoms with van der Waals surface area (Å²) < 4.78 is 5.09. The minimum Gasteiger partial charge on any atom is -0.469 e. The summed E-state index contributed by atoms with van der Waals surface area (Å²) in [5, 5.41) is 0.817. The van der Waals surface area contributed by atoms with Gasteiger partial charge in [0, 0.05) is 11.6 Å². The first-order valence-corrected chi connectivity index (χ1v) is 10.2. The van der Waals surface area contributed by atoms with Gasteiger partial charge in [0.2, 0.25) is 0 Å². The van der Waals surface area contributed by atoms with Gasteiger partial charge in [0.1, 0.15) is 0 Å². The van der Waals surface area contributed by atoms with E-state index in [4.69, 9.17) is 16.3 Å². The van der Waals surface area contributed by atoms with Crippen LogP contribution in [0, 0.1) is 0 Å². The number of rotatable bonds is 5. The zero-order valence-electron chi connectivity index (χ0n) is 15.3. The molecule has 1 atom stereocenters. The summed E-state index contributed by atoms with van der Waals surface area (Å²) in [6.07, 6.45) is 10.1. The maximum atomic E-state index is 12.4. The highest BCUT2D eigenvalue weighted by atomic mass is 35.5. The van der Waals surface area contributed by atoms with Crippen molar-refractivity contribution in [3.8, 4) is 0 Å². The second-order valence-corrected chi connectivity index (χ2v) is 7.96. The maximum absolute atomic E-state index is 12.4. The molecule has 2 fully saturated rings. The zero-order chi connectivity index (χ0) is 17.6. The fraction of sp³-hybridized carbons (Fsp3) is 0.667. The second kappa shape index (κ2) is 9.05. The number of methoxy groups -OCH3 is 1. The van der Waals surface area contributed by atoms with Crippen LogP contribution in [-0.4, -0.2) is 37.6 Å². The van der Waals surface area contributed by atoms with Gasteiger partial charge in [-0.15, -0.1) is 0 Å². The van der Waals surface area contributed by atoms with Gasteiger partial charge in [-0.2, -0.15) is 0 Å². The van der Waals surface area contributed by atoms with E-state index in [0.717, 1.165) is 30.2 Å². The number of benzene rings is 1. The van der Waals surface area contributed by atoms with Gasteiger partial charge in [0.25, 0.3) is 0 Å². The number of likely N-dealkylation sites (tertiary alicyclic amines) is 1. The summed E-state index contributed by atoms with van der Waals surface area (Å²) in [4.78, 5) is 14.8. The van der Waals surface area contributed by atoms with E-state index in [1.54, 1.807) is 0 Å². The number of halogens is 1. The van der Waals surface area contributed by atoms with Crippen LogP contribution in [0.4, 0.5) is 0 Å². The largest absolute Gasteiger partial charge is 0.469 e. The molecule has 1 aliphatic carbocycles. The highest BCUT2D eigenvalue weighted by molar-refractivity contribution is 6.31. The normalized spacial score (nSPS) is 21.0. The maximum Gasteiger partial charge on any atom is 0.314 e. The third kappa shape index (κ3) is 4.77. The Balaban J connectivity index is 1.77. The summed E-state index contributed by atoms with van der Waals surface area (Å²) in [6, 6.07) is 6.26. The molecule has 3 nitrogen and oxygen atoms in total. The van der Waals surface area contributed by atoms with Crippen LogP contribution < -0.4 is 0 Å². The molecule has 0 spiro atoms. The van der Waals surface area contributed by atoms with Crippen molar-refractivity contribution >= 4 is 17.6 Å². The van der Waals surface area contributed by atoms with E-state index in [9.17, 15) is 4.79 Å². The molecule has 4 heteroatoms. The standard InChI is InChI=1S/C21H30ClNO2/c1-25-21(24)19(15-23-12-6-3-7-13-23)17-10-11-18(20(22)14-17)16-8-4-2-5-9-16/h10-11,14,16,19H,2-9,12-13,15H2,1H3. The molecule has 0 N–H and O–H groups in total. The number of nitrogens with zero attached hydrogens (tertiary/aromatic N) is 1. The zero-order valence-corrected chi connectivity index (χ0v) is 16.1. The van der Waals surface area contributed by atoms with Crippen LogP contribution >= 0.6 is 11.6 Å². The van der Waals surface area contributed by atoms with E-state index in [2.05, 4.69) is 17.0 Å². The van der Waals surface area contributed by atoms with Gasteiger partial charge in [0.15, 0.2) is 0 Å². The molecule has 1 aliphatic heterocycles. The quantitative estimate of drug-likeness (QED) is 0.679. The lowest BCUT2D eigenvalue weighted by Gasteiger charge is -2.30. The molecule has 1 heterocycles. The van der Waals surface area contributed by atoms with Gasteiger partial charge in [-0.25, -0.2) is 0 Å². The van der Waals surface area contributed by atoms with E-state index in [1.165, 1.54) is 64.0 Å². The Bertz CT molecular complexity index is 577. The second-order valence-electron chi connectivity index (χ2n) is 7.55. The molecule has 0 aromatic heterocycles. The fourth-order valence-electron chi connectivity index (χ4n) is 4.36. The van der Waals surface area contributed by atoms with Crippen LogP contribution in [0.1, 0.15) is 74.3 Å². The number of carbonyl (C=O) groups is 1. The molecule has 3 rings (SSSR count). The van der Waals surface area contributed by atoms with E-state index in [0.29, 0.717) is 5.92 Å². The average molecular weight is 364 g/mol. The van der Waals surface area contributed by atoms with Crippen molar-refractivity contribution in [1.29, 1.82) is 0 Å². The highest BCUT2D eigenvalue weighted by Crippen LogP contribution is 2.37. The molecule has 2 aliphatic rings. The first kappa shape index (κ1) is 18.7. The van der Waals surface area contributed by atoms with Crippen LogP contribution in [0.15, 0.2) is 18.2 Å².